The molecule has 0 unspecified atom stereocenters. The van der Waals surface area contributed by atoms with Crippen molar-refractivity contribution in [2.45, 2.75) is 63.1 Å². The number of guanidine groups is 1. The average molecular weight is 457 g/mol. The second-order valence-electron chi connectivity index (χ2n) is 7.68. The summed E-state index contributed by atoms with van der Waals surface area (Å²) in [5.41, 5.74) is 16.1. The fourth-order valence-corrected chi connectivity index (χ4v) is 3.54. The van der Waals surface area contributed by atoms with Crippen molar-refractivity contribution in [3.05, 3.63) is 0 Å². The minimum Gasteiger partial charge on any atom is -0.480 e. The van der Waals surface area contributed by atoms with Crippen LogP contribution < -0.4 is 33.2 Å². The molecule has 13 heteroatoms. The molecule has 0 bridgehead atoms. The molecule has 0 spiro atoms. The summed E-state index contributed by atoms with van der Waals surface area (Å²) in [7, 11) is 0. The van der Waals surface area contributed by atoms with E-state index in [0.717, 1.165) is 0 Å². The molecule has 1 aliphatic rings. The third-order valence-corrected chi connectivity index (χ3v) is 5.23. The van der Waals surface area contributed by atoms with Gasteiger partial charge < -0.3 is 43.2 Å². The summed E-state index contributed by atoms with van der Waals surface area (Å²) in [6.07, 6.45) is 3.05. The number of hydrogen-bond donors (Lipinski definition) is 8. The van der Waals surface area contributed by atoms with Crippen LogP contribution in [-0.4, -0.2) is 84.0 Å². The number of unbranched alkanes of at least 4 members (excludes halogenated alkanes) is 1. The molecular formula is C19H36N8O5. The largest absolute Gasteiger partial charge is 0.480 e. The smallest absolute Gasteiger partial charge is 0.326 e. The van der Waals surface area contributed by atoms with Gasteiger partial charge in [0.1, 0.15) is 18.1 Å². The number of hydrogen-bond acceptors (Lipinski definition) is 7. The number of carbonyl (C=O) groups is 4. The number of amides is 3. The second-order valence-corrected chi connectivity index (χ2v) is 7.68. The number of nitrogens with one attached hydrogen (secondary N) is 4. The lowest BCUT2D eigenvalue weighted by Crippen LogP contribution is -2.55. The van der Waals surface area contributed by atoms with Crippen molar-refractivity contribution in [3.8, 4) is 0 Å². The van der Waals surface area contributed by atoms with Gasteiger partial charge in [0, 0.05) is 13.1 Å². The first kappa shape index (κ1) is 27.1. The van der Waals surface area contributed by atoms with Gasteiger partial charge >= 0.3 is 5.97 Å². The zero-order chi connectivity index (χ0) is 24.1. The monoisotopic (exact) mass is 456 g/mol. The number of aliphatic carboxylic acids is 1. The van der Waals surface area contributed by atoms with Crippen LogP contribution >= 0.6 is 0 Å². The van der Waals surface area contributed by atoms with E-state index in [-0.39, 0.29) is 31.3 Å². The Balaban J connectivity index is 2.84. The summed E-state index contributed by atoms with van der Waals surface area (Å²) in [5, 5.41) is 24.4. The molecule has 1 saturated heterocycles. The molecule has 1 fully saturated rings. The van der Waals surface area contributed by atoms with Crippen LogP contribution in [0.15, 0.2) is 0 Å². The molecule has 1 heterocycles. The molecule has 1 rings (SSSR count). The van der Waals surface area contributed by atoms with Crippen LogP contribution in [0.25, 0.3) is 0 Å². The van der Waals surface area contributed by atoms with Crippen LogP contribution in [0.1, 0.15) is 44.9 Å². The summed E-state index contributed by atoms with van der Waals surface area (Å²) in [4.78, 5) is 50.6. The van der Waals surface area contributed by atoms with Crippen molar-refractivity contribution >= 4 is 29.7 Å². The zero-order valence-electron chi connectivity index (χ0n) is 18.3. The molecule has 3 atom stereocenters. The van der Waals surface area contributed by atoms with Crippen LogP contribution in [0.3, 0.4) is 0 Å². The highest BCUT2D eigenvalue weighted by atomic mass is 16.4. The van der Waals surface area contributed by atoms with E-state index < -0.39 is 35.9 Å². The molecule has 32 heavy (non-hydrogen) atoms. The summed E-state index contributed by atoms with van der Waals surface area (Å²) < 4.78 is 0. The number of likely N-dealkylation sites (tertiary alicyclic amines) is 1. The van der Waals surface area contributed by atoms with Gasteiger partial charge in [0.2, 0.25) is 17.7 Å². The van der Waals surface area contributed by atoms with Crippen LogP contribution in [-0.2, 0) is 19.2 Å². The second kappa shape index (κ2) is 14.2. The predicted octanol–water partition coefficient (Wildman–Crippen LogP) is -2.62. The molecule has 0 saturated carbocycles. The molecule has 0 aromatic heterocycles. The Morgan fingerprint density at radius 3 is 2.34 bits per heavy atom. The Labute approximate surface area is 187 Å². The van der Waals surface area contributed by atoms with E-state index in [1.165, 1.54) is 4.90 Å². The van der Waals surface area contributed by atoms with Gasteiger partial charge in [-0.3, -0.25) is 19.8 Å². The molecule has 182 valence electrons. The Kier molecular flexibility index (Phi) is 12.0. The third kappa shape index (κ3) is 9.06. The number of nitrogens with zero attached hydrogens (tertiary/aromatic N) is 1. The lowest BCUT2D eigenvalue weighted by atomic mass is 10.1. The van der Waals surface area contributed by atoms with Gasteiger partial charge in [-0.2, -0.15) is 0 Å². The van der Waals surface area contributed by atoms with Crippen molar-refractivity contribution < 1.29 is 24.3 Å². The molecule has 0 radical (unpaired) electrons. The fraction of sp³-hybridized carbons (Fsp3) is 0.737. The van der Waals surface area contributed by atoms with Crippen molar-refractivity contribution in [1.29, 1.82) is 5.41 Å². The number of carboxylic acid groups (broad SMARTS) is 1. The average Bonchev–Trinajstić information content (AvgIpc) is 3.24. The van der Waals surface area contributed by atoms with E-state index in [9.17, 15) is 24.3 Å². The highest BCUT2D eigenvalue weighted by Gasteiger charge is 2.35. The molecule has 0 aromatic rings. The quantitative estimate of drug-likeness (QED) is 0.0775. The number of rotatable bonds is 14. The van der Waals surface area contributed by atoms with E-state index >= 15 is 0 Å². The molecule has 13 nitrogen and oxygen atoms in total. The zero-order valence-corrected chi connectivity index (χ0v) is 18.3. The van der Waals surface area contributed by atoms with Crippen molar-refractivity contribution in [2.24, 2.45) is 17.2 Å². The maximum absolute atomic E-state index is 12.8. The van der Waals surface area contributed by atoms with E-state index in [2.05, 4.69) is 16.0 Å². The maximum atomic E-state index is 12.8. The molecule has 3 amide bonds. The topological polar surface area (TPSA) is 230 Å². The first-order valence-corrected chi connectivity index (χ1v) is 10.8. The molecule has 11 N–H and O–H groups in total. The van der Waals surface area contributed by atoms with Crippen LogP contribution in [0.4, 0.5) is 0 Å². The molecule has 0 aliphatic carbocycles. The van der Waals surface area contributed by atoms with Gasteiger partial charge in [-0.05, 0) is 51.5 Å². The van der Waals surface area contributed by atoms with E-state index in [1.807, 2.05) is 0 Å². The normalized spacial score (nSPS) is 17.3. The van der Waals surface area contributed by atoms with Crippen molar-refractivity contribution in [2.75, 3.05) is 26.2 Å². The Hall–Kier alpha value is -2.93. The molecular weight excluding hydrogens is 420 g/mol. The lowest BCUT2D eigenvalue weighted by molar-refractivity contribution is -0.143. The molecule has 1 aliphatic heterocycles. The van der Waals surface area contributed by atoms with Crippen LogP contribution in [0, 0.1) is 5.41 Å². The van der Waals surface area contributed by atoms with E-state index in [1.54, 1.807) is 0 Å². The first-order chi connectivity index (χ1) is 15.2. The van der Waals surface area contributed by atoms with Crippen molar-refractivity contribution in [3.63, 3.8) is 0 Å². The van der Waals surface area contributed by atoms with Gasteiger partial charge in [0.15, 0.2) is 5.96 Å². The number of carboxylic acids is 1. The lowest BCUT2D eigenvalue weighted by Gasteiger charge is -2.27. The summed E-state index contributed by atoms with van der Waals surface area (Å²) in [6.45, 7) is 0.916. The Morgan fingerprint density at radius 1 is 1.06 bits per heavy atom. The minimum absolute atomic E-state index is 0.185. The highest BCUT2D eigenvalue weighted by Crippen LogP contribution is 2.18. The SMILES string of the molecule is N=C(N)NCCC[C@H](NC(=O)[C@@H]1CCCN1C(=O)CN)C(=O)N[C@@H](CCCCN)C(=O)O. The van der Waals surface area contributed by atoms with E-state index in [4.69, 9.17) is 22.6 Å². The standard InChI is InChI=1S/C19H36N8O5/c20-8-2-1-5-13(18(31)32)26-16(29)12(6-3-9-24-19(22)23)25-17(30)14-7-4-10-27(14)15(28)11-21/h12-14H,1-11,20-21H2,(H,25,30)(H,26,29)(H,31,32)(H4,22,23,24)/t12-,13-,14-/m0/s1. The van der Waals surface area contributed by atoms with Gasteiger partial charge in [0.25, 0.3) is 0 Å². The first-order valence-electron chi connectivity index (χ1n) is 10.8. The van der Waals surface area contributed by atoms with Gasteiger partial charge in [-0.1, -0.05) is 0 Å². The highest BCUT2D eigenvalue weighted by molar-refractivity contribution is 5.93. The predicted molar refractivity (Wildman–Crippen MR) is 117 cm³/mol. The van der Waals surface area contributed by atoms with Crippen LogP contribution in [0.2, 0.25) is 0 Å². The summed E-state index contributed by atoms with van der Waals surface area (Å²) >= 11 is 0. The summed E-state index contributed by atoms with van der Waals surface area (Å²) in [6, 6.07) is -2.84. The summed E-state index contributed by atoms with van der Waals surface area (Å²) in [5.74, 6) is -2.85. The number of nitrogens with two attached hydrogens (primary N) is 3. The van der Waals surface area contributed by atoms with Crippen LogP contribution in [0.5, 0.6) is 0 Å². The minimum atomic E-state index is -1.17. The fourth-order valence-electron chi connectivity index (χ4n) is 3.54. The third-order valence-electron chi connectivity index (χ3n) is 5.23. The molecule has 0 aromatic carbocycles. The van der Waals surface area contributed by atoms with E-state index in [0.29, 0.717) is 51.7 Å². The Morgan fingerprint density at radius 2 is 1.75 bits per heavy atom. The van der Waals surface area contributed by atoms with Gasteiger partial charge in [0.05, 0.1) is 6.54 Å². The van der Waals surface area contributed by atoms with Crippen molar-refractivity contribution in [1.82, 2.24) is 20.9 Å². The van der Waals surface area contributed by atoms with Gasteiger partial charge in [-0.25, -0.2) is 4.79 Å². The maximum Gasteiger partial charge on any atom is 0.326 e. The van der Waals surface area contributed by atoms with Gasteiger partial charge in [-0.15, -0.1) is 0 Å². The number of carbonyl (C=O) groups excluding carboxylic acids is 3. The Bertz CT molecular complexity index is 674.